The molecule has 0 bridgehead atoms. The summed E-state index contributed by atoms with van der Waals surface area (Å²) in [6.45, 7) is 1.61. The number of hydrogen-bond acceptors (Lipinski definition) is 4. The van der Waals surface area contributed by atoms with Crippen molar-refractivity contribution in [2.24, 2.45) is 0 Å². The van der Waals surface area contributed by atoms with Crippen LogP contribution in [0.2, 0.25) is 5.15 Å². The molecule has 0 fully saturated rings. The van der Waals surface area contributed by atoms with Gasteiger partial charge in [0.15, 0.2) is 0 Å². The number of aromatic nitrogens is 4. The molecular weight excluding hydrogens is 307 g/mol. The molecular formula is C12H11ClF3N5. The number of fused-ring (bicyclic) bond motifs is 1. The van der Waals surface area contributed by atoms with Gasteiger partial charge in [-0.25, -0.2) is 4.98 Å². The van der Waals surface area contributed by atoms with E-state index >= 15 is 0 Å². The predicted octanol–water partition coefficient (Wildman–Crippen LogP) is 2.36. The van der Waals surface area contributed by atoms with E-state index in [9.17, 15) is 13.2 Å². The second-order valence-electron chi connectivity index (χ2n) is 4.79. The SMILES string of the molecule is FC(F)(F)c1nnc2n1CCN(Cc1ccnc(Cl)c1)C2. The largest absolute Gasteiger partial charge is 0.451 e. The Morgan fingerprint density at radius 2 is 2.05 bits per heavy atom. The van der Waals surface area contributed by atoms with Crippen LogP contribution in [0.5, 0.6) is 0 Å². The van der Waals surface area contributed by atoms with E-state index in [1.807, 2.05) is 11.0 Å². The maximum atomic E-state index is 12.7. The highest BCUT2D eigenvalue weighted by Gasteiger charge is 2.39. The van der Waals surface area contributed by atoms with Crippen LogP contribution in [-0.2, 0) is 25.8 Å². The Morgan fingerprint density at radius 1 is 1.24 bits per heavy atom. The van der Waals surface area contributed by atoms with Gasteiger partial charge in [0.25, 0.3) is 0 Å². The van der Waals surface area contributed by atoms with Crippen LogP contribution >= 0.6 is 11.6 Å². The first-order valence-corrected chi connectivity index (χ1v) is 6.63. The third-order valence-corrected chi connectivity index (χ3v) is 3.49. The molecule has 0 aliphatic carbocycles. The maximum absolute atomic E-state index is 12.7. The third kappa shape index (κ3) is 3.01. The molecule has 0 unspecified atom stereocenters. The number of nitrogens with zero attached hydrogens (tertiary/aromatic N) is 5. The molecule has 3 heterocycles. The van der Waals surface area contributed by atoms with E-state index in [0.717, 1.165) is 10.1 Å². The Bertz CT molecular complexity index is 655. The van der Waals surface area contributed by atoms with Crippen LogP contribution in [0.4, 0.5) is 13.2 Å². The summed E-state index contributed by atoms with van der Waals surface area (Å²) in [5, 5.41) is 7.30. The van der Waals surface area contributed by atoms with Crippen molar-refractivity contribution < 1.29 is 13.2 Å². The van der Waals surface area contributed by atoms with Crippen molar-refractivity contribution in [3.05, 3.63) is 40.7 Å². The lowest BCUT2D eigenvalue weighted by Gasteiger charge is -2.27. The summed E-state index contributed by atoms with van der Waals surface area (Å²) >= 11 is 5.82. The minimum Gasteiger partial charge on any atom is -0.305 e. The molecule has 21 heavy (non-hydrogen) atoms. The van der Waals surface area contributed by atoms with E-state index in [1.54, 1.807) is 12.3 Å². The number of halogens is 4. The number of rotatable bonds is 2. The van der Waals surface area contributed by atoms with Gasteiger partial charge in [0.05, 0.1) is 6.54 Å². The van der Waals surface area contributed by atoms with Crippen molar-refractivity contribution in [2.75, 3.05) is 6.54 Å². The molecule has 5 nitrogen and oxygen atoms in total. The van der Waals surface area contributed by atoms with Crippen molar-refractivity contribution >= 4 is 11.6 Å². The van der Waals surface area contributed by atoms with Crippen molar-refractivity contribution in [3.8, 4) is 0 Å². The van der Waals surface area contributed by atoms with Gasteiger partial charge >= 0.3 is 6.18 Å². The smallest absolute Gasteiger partial charge is 0.305 e. The average Bonchev–Trinajstić information content (AvgIpc) is 2.81. The zero-order valence-electron chi connectivity index (χ0n) is 10.8. The standard InChI is InChI=1S/C12H11ClF3N5/c13-9-5-8(1-2-17-9)6-20-3-4-21-10(7-20)18-19-11(21)12(14,15)16/h1-2,5H,3-4,6-7H2. The first-order chi connectivity index (χ1) is 9.93. The summed E-state index contributed by atoms with van der Waals surface area (Å²) in [7, 11) is 0. The Morgan fingerprint density at radius 3 is 2.76 bits per heavy atom. The van der Waals surface area contributed by atoms with E-state index in [2.05, 4.69) is 15.2 Å². The zero-order valence-corrected chi connectivity index (χ0v) is 11.6. The van der Waals surface area contributed by atoms with Gasteiger partial charge in [0.2, 0.25) is 5.82 Å². The summed E-state index contributed by atoms with van der Waals surface area (Å²) in [6.07, 6.45) is -2.86. The molecule has 0 spiro atoms. The summed E-state index contributed by atoms with van der Waals surface area (Å²) < 4.78 is 39.4. The van der Waals surface area contributed by atoms with Gasteiger partial charge in [-0.05, 0) is 17.7 Å². The van der Waals surface area contributed by atoms with E-state index in [-0.39, 0.29) is 6.54 Å². The molecule has 2 aromatic heterocycles. The van der Waals surface area contributed by atoms with Crippen LogP contribution in [-0.4, -0.2) is 31.2 Å². The van der Waals surface area contributed by atoms with Crippen LogP contribution < -0.4 is 0 Å². The quantitative estimate of drug-likeness (QED) is 0.798. The van der Waals surface area contributed by atoms with Gasteiger partial charge < -0.3 is 4.57 Å². The number of alkyl halides is 3. The van der Waals surface area contributed by atoms with E-state index in [4.69, 9.17) is 11.6 Å². The number of hydrogen-bond donors (Lipinski definition) is 0. The molecule has 0 aromatic carbocycles. The Labute approximate surface area is 123 Å². The molecule has 0 amide bonds. The summed E-state index contributed by atoms with van der Waals surface area (Å²) in [5.41, 5.74) is 0.957. The van der Waals surface area contributed by atoms with Gasteiger partial charge in [-0.3, -0.25) is 4.90 Å². The minimum absolute atomic E-state index is 0.218. The molecule has 2 aromatic rings. The van der Waals surface area contributed by atoms with Gasteiger partial charge in [-0.15, -0.1) is 10.2 Å². The van der Waals surface area contributed by atoms with Gasteiger partial charge in [-0.2, -0.15) is 13.2 Å². The summed E-state index contributed by atoms with van der Waals surface area (Å²) in [6, 6.07) is 3.56. The van der Waals surface area contributed by atoms with Crippen LogP contribution in [0.1, 0.15) is 17.2 Å². The van der Waals surface area contributed by atoms with Crippen molar-refractivity contribution in [3.63, 3.8) is 0 Å². The van der Waals surface area contributed by atoms with Gasteiger partial charge in [-0.1, -0.05) is 11.6 Å². The normalized spacial score (nSPS) is 16.0. The Balaban J connectivity index is 1.75. The maximum Gasteiger partial charge on any atom is 0.451 e. The molecule has 0 radical (unpaired) electrons. The fraction of sp³-hybridized carbons (Fsp3) is 0.417. The lowest BCUT2D eigenvalue weighted by Crippen LogP contribution is -2.34. The molecule has 0 N–H and O–H groups in total. The van der Waals surface area contributed by atoms with Crippen molar-refractivity contribution in [1.29, 1.82) is 0 Å². The zero-order chi connectivity index (χ0) is 15.0. The number of pyridine rings is 1. The summed E-state index contributed by atoms with van der Waals surface area (Å²) in [5.74, 6) is -0.599. The molecule has 112 valence electrons. The summed E-state index contributed by atoms with van der Waals surface area (Å²) in [4.78, 5) is 5.89. The molecule has 1 aliphatic heterocycles. The molecule has 0 atom stereocenters. The van der Waals surface area contributed by atoms with Gasteiger partial charge in [0.1, 0.15) is 11.0 Å². The van der Waals surface area contributed by atoms with Crippen LogP contribution in [0, 0.1) is 0 Å². The lowest BCUT2D eigenvalue weighted by atomic mass is 10.2. The monoisotopic (exact) mass is 317 g/mol. The minimum atomic E-state index is -4.47. The Hall–Kier alpha value is -1.67. The topological polar surface area (TPSA) is 46.8 Å². The van der Waals surface area contributed by atoms with Crippen molar-refractivity contribution in [2.45, 2.75) is 25.8 Å². The fourth-order valence-electron chi connectivity index (χ4n) is 2.35. The van der Waals surface area contributed by atoms with Crippen LogP contribution in [0.3, 0.4) is 0 Å². The first kappa shape index (κ1) is 14.3. The van der Waals surface area contributed by atoms with E-state index in [0.29, 0.717) is 30.6 Å². The molecule has 3 rings (SSSR count). The van der Waals surface area contributed by atoms with Gasteiger partial charge in [0, 0.05) is 25.8 Å². The highest BCUT2D eigenvalue weighted by Crippen LogP contribution is 2.29. The van der Waals surface area contributed by atoms with Crippen LogP contribution in [0.15, 0.2) is 18.3 Å². The highest BCUT2D eigenvalue weighted by atomic mass is 35.5. The second kappa shape index (κ2) is 5.27. The Kier molecular flexibility index (Phi) is 3.58. The average molecular weight is 318 g/mol. The predicted molar refractivity (Wildman–Crippen MR) is 68.4 cm³/mol. The van der Waals surface area contributed by atoms with E-state index < -0.39 is 12.0 Å². The van der Waals surface area contributed by atoms with Crippen LogP contribution in [0.25, 0.3) is 0 Å². The molecule has 1 aliphatic rings. The second-order valence-corrected chi connectivity index (χ2v) is 5.17. The third-order valence-electron chi connectivity index (χ3n) is 3.28. The highest BCUT2D eigenvalue weighted by molar-refractivity contribution is 6.29. The molecule has 9 heteroatoms. The lowest BCUT2D eigenvalue weighted by molar-refractivity contribution is -0.148. The molecule has 0 saturated carbocycles. The van der Waals surface area contributed by atoms with Crippen molar-refractivity contribution in [1.82, 2.24) is 24.6 Å². The first-order valence-electron chi connectivity index (χ1n) is 6.25. The van der Waals surface area contributed by atoms with E-state index in [1.165, 1.54) is 0 Å². The fourth-order valence-corrected chi connectivity index (χ4v) is 2.55. The molecule has 0 saturated heterocycles.